The summed E-state index contributed by atoms with van der Waals surface area (Å²) in [5, 5.41) is 9.69. The molecule has 0 spiro atoms. The first kappa shape index (κ1) is 11.0. The van der Waals surface area contributed by atoms with Crippen molar-refractivity contribution in [2.75, 3.05) is 7.11 Å². The molecule has 0 unspecified atom stereocenters. The van der Waals surface area contributed by atoms with Crippen molar-refractivity contribution in [2.45, 2.75) is 0 Å². The third-order valence-corrected chi connectivity index (χ3v) is 2.83. The maximum absolute atomic E-state index is 9.69. The molecule has 0 amide bonds. The van der Waals surface area contributed by atoms with Crippen LogP contribution in [0.5, 0.6) is 11.5 Å². The molecular formula is C13H11BrO2. The highest BCUT2D eigenvalue weighted by Crippen LogP contribution is 2.37. The highest BCUT2D eigenvalue weighted by atomic mass is 79.9. The number of benzene rings is 2. The monoisotopic (exact) mass is 278 g/mol. The summed E-state index contributed by atoms with van der Waals surface area (Å²) in [5.74, 6) is 0.653. The highest BCUT2D eigenvalue weighted by Gasteiger charge is 2.09. The molecule has 0 aliphatic carbocycles. The Kier molecular flexibility index (Phi) is 3.15. The summed E-state index contributed by atoms with van der Waals surface area (Å²) in [7, 11) is 1.55. The number of rotatable bonds is 2. The molecular weight excluding hydrogens is 268 g/mol. The van der Waals surface area contributed by atoms with Gasteiger partial charge >= 0.3 is 0 Å². The average Bonchev–Trinajstić information content (AvgIpc) is 2.28. The van der Waals surface area contributed by atoms with E-state index in [4.69, 9.17) is 4.74 Å². The van der Waals surface area contributed by atoms with Gasteiger partial charge in [-0.15, -0.1) is 0 Å². The molecule has 0 fully saturated rings. The predicted octanol–water partition coefficient (Wildman–Crippen LogP) is 3.83. The first-order chi connectivity index (χ1) is 7.72. The molecule has 0 atom stereocenters. The molecule has 2 aromatic carbocycles. The van der Waals surface area contributed by atoms with Crippen LogP contribution in [0.25, 0.3) is 11.1 Å². The van der Waals surface area contributed by atoms with E-state index in [1.165, 1.54) is 0 Å². The van der Waals surface area contributed by atoms with Gasteiger partial charge in [-0.1, -0.05) is 40.2 Å². The number of phenolic OH excluding ortho intramolecular Hbond substituents is 1. The molecule has 82 valence electrons. The zero-order chi connectivity index (χ0) is 11.5. The van der Waals surface area contributed by atoms with Crippen molar-refractivity contribution in [3.8, 4) is 22.6 Å². The molecule has 3 heteroatoms. The summed E-state index contributed by atoms with van der Waals surface area (Å²) >= 11 is 3.42. The van der Waals surface area contributed by atoms with E-state index in [0.29, 0.717) is 5.75 Å². The van der Waals surface area contributed by atoms with Crippen LogP contribution in [0.15, 0.2) is 46.9 Å². The minimum atomic E-state index is 0.153. The lowest BCUT2D eigenvalue weighted by atomic mass is 10.0. The molecule has 0 saturated carbocycles. The number of para-hydroxylation sites is 1. The number of halogens is 1. The third-order valence-electron chi connectivity index (χ3n) is 2.33. The Labute approximate surface area is 103 Å². The van der Waals surface area contributed by atoms with Crippen LogP contribution in [-0.2, 0) is 0 Å². The third kappa shape index (κ3) is 2.04. The second-order valence-corrected chi connectivity index (χ2v) is 4.28. The van der Waals surface area contributed by atoms with Gasteiger partial charge in [0.25, 0.3) is 0 Å². The molecule has 0 radical (unpaired) electrons. The fraction of sp³-hybridized carbons (Fsp3) is 0.0769. The van der Waals surface area contributed by atoms with Gasteiger partial charge in [0.15, 0.2) is 11.5 Å². The fourth-order valence-electron chi connectivity index (χ4n) is 1.62. The summed E-state index contributed by atoms with van der Waals surface area (Å²) in [6.45, 7) is 0. The zero-order valence-corrected chi connectivity index (χ0v) is 10.4. The van der Waals surface area contributed by atoms with E-state index < -0.39 is 0 Å². The Morgan fingerprint density at radius 1 is 1.12 bits per heavy atom. The summed E-state index contributed by atoms with van der Waals surface area (Å²) in [6, 6.07) is 13.2. The standard InChI is InChI=1S/C13H11BrO2/c1-16-13-11(6-3-7-12(13)15)9-4-2-5-10(14)8-9/h2-8,15H,1H3. The van der Waals surface area contributed by atoms with Crippen LogP contribution in [0, 0.1) is 0 Å². The Morgan fingerprint density at radius 3 is 2.56 bits per heavy atom. The largest absolute Gasteiger partial charge is 0.504 e. The molecule has 0 aromatic heterocycles. The van der Waals surface area contributed by atoms with Gasteiger partial charge in [0.2, 0.25) is 0 Å². The van der Waals surface area contributed by atoms with Crippen molar-refractivity contribution < 1.29 is 9.84 Å². The van der Waals surface area contributed by atoms with Crippen LogP contribution in [-0.4, -0.2) is 12.2 Å². The smallest absolute Gasteiger partial charge is 0.168 e. The van der Waals surface area contributed by atoms with Crippen LogP contribution in [0.3, 0.4) is 0 Å². The summed E-state index contributed by atoms with van der Waals surface area (Å²) in [6.07, 6.45) is 0. The van der Waals surface area contributed by atoms with E-state index in [2.05, 4.69) is 15.9 Å². The molecule has 0 saturated heterocycles. The second-order valence-electron chi connectivity index (χ2n) is 3.37. The lowest BCUT2D eigenvalue weighted by molar-refractivity contribution is 0.375. The Morgan fingerprint density at radius 2 is 1.88 bits per heavy atom. The molecule has 16 heavy (non-hydrogen) atoms. The van der Waals surface area contributed by atoms with E-state index in [0.717, 1.165) is 15.6 Å². The van der Waals surface area contributed by atoms with Gasteiger partial charge in [-0.25, -0.2) is 0 Å². The van der Waals surface area contributed by atoms with Crippen LogP contribution in [0.1, 0.15) is 0 Å². The number of aromatic hydroxyl groups is 1. The maximum Gasteiger partial charge on any atom is 0.168 e. The molecule has 0 aliphatic rings. The predicted molar refractivity (Wildman–Crippen MR) is 67.8 cm³/mol. The van der Waals surface area contributed by atoms with E-state index in [-0.39, 0.29) is 5.75 Å². The van der Waals surface area contributed by atoms with Crippen molar-refractivity contribution >= 4 is 15.9 Å². The minimum Gasteiger partial charge on any atom is -0.504 e. The molecule has 2 nitrogen and oxygen atoms in total. The van der Waals surface area contributed by atoms with Crippen LogP contribution in [0.4, 0.5) is 0 Å². The second kappa shape index (κ2) is 4.58. The summed E-state index contributed by atoms with van der Waals surface area (Å²) in [5.41, 5.74) is 1.88. The molecule has 0 bridgehead atoms. The maximum atomic E-state index is 9.69. The first-order valence-electron chi connectivity index (χ1n) is 4.84. The number of ether oxygens (including phenoxy) is 1. The van der Waals surface area contributed by atoms with Crippen molar-refractivity contribution in [1.29, 1.82) is 0 Å². The van der Waals surface area contributed by atoms with Gasteiger partial charge in [0.1, 0.15) is 0 Å². The fourth-order valence-corrected chi connectivity index (χ4v) is 2.02. The normalized spacial score (nSPS) is 10.1. The topological polar surface area (TPSA) is 29.5 Å². The Bertz CT molecular complexity index is 509. The van der Waals surface area contributed by atoms with E-state index >= 15 is 0 Å². The lowest BCUT2D eigenvalue weighted by Crippen LogP contribution is -1.88. The number of methoxy groups -OCH3 is 1. The molecule has 2 rings (SSSR count). The SMILES string of the molecule is COc1c(O)cccc1-c1cccc(Br)c1. The number of hydrogen-bond acceptors (Lipinski definition) is 2. The van der Waals surface area contributed by atoms with Gasteiger partial charge < -0.3 is 9.84 Å². The van der Waals surface area contributed by atoms with Crippen molar-refractivity contribution in [2.24, 2.45) is 0 Å². The molecule has 2 aromatic rings. The Hall–Kier alpha value is -1.48. The number of hydrogen-bond donors (Lipinski definition) is 1. The first-order valence-corrected chi connectivity index (χ1v) is 5.63. The Balaban J connectivity index is 2.60. The van der Waals surface area contributed by atoms with E-state index in [1.807, 2.05) is 30.3 Å². The molecule has 0 aliphatic heterocycles. The minimum absolute atomic E-state index is 0.153. The van der Waals surface area contributed by atoms with Crippen LogP contribution < -0.4 is 4.74 Å². The van der Waals surface area contributed by atoms with E-state index in [1.54, 1.807) is 19.2 Å². The van der Waals surface area contributed by atoms with Crippen LogP contribution in [0.2, 0.25) is 0 Å². The van der Waals surface area contributed by atoms with Crippen molar-refractivity contribution in [3.05, 3.63) is 46.9 Å². The zero-order valence-electron chi connectivity index (χ0n) is 8.77. The summed E-state index contributed by atoms with van der Waals surface area (Å²) in [4.78, 5) is 0. The molecule has 1 N–H and O–H groups in total. The molecule has 0 heterocycles. The van der Waals surface area contributed by atoms with Gasteiger partial charge in [-0.05, 0) is 23.8 Å². The lowest BCUT2D eigenvalue weighted by Gasteiger charge is -2.10. The van der Waals surface area contributed by atoms with Gasteiger partial charge in [-0.2, -0.15) is 0 Å². The van der Waals surface area contributed by atoms with Crippen molar-refractivity contribution in [1.82, 2.24) is 0 Å². The number of phenols is 1. The van der Waals surface area contributed by atoms with E-state index in [9.17, 15) is 5.11 Å². The summed E-state index contributed by atoms with van der Waals surface area (Å²) < 4.78 is 6.20. The quantitative estimate of drug-likeness (QED) is 0.905. The van der Waals surface area contributed by atoms with Crippen molar-refractivity contribution in [3.63, 3.8) is 0 Å². The average molecular weight is 279 g/mol. The van der Waals surface area contributed by atoms with Gasteiger partial charge in [0.05, 0.1) is 7.11 Å². The van der Waals surface area contributed by atoms with Gasteiger partial charge in [-0.3, -0.25) is 0 Å². The highest BCUT2D eigenvalue weighted by molar-refractivity contribution is 9.10. The van der Waals surface area contributed by atoms with Gasteiger partial charge in [0, 0.05) is 10.0 Å². The van der Waals surface area contributed by atoms with Crippen LogP contribution >= 0.6 is 15.9 Å².